The van der Waals surface area contributed by atoms with Gasteiger partial charge in [-0.25, -0.2) is 14.5 Å². The maximum atomic E-state index is 12.5. The predicted octanol–water partition coefficient (Wildman–Crippen LogP) is 5.55. The number of hydrogen-bond acceptors (Lipinski definition) is 4. The van der Waals surface area contributed by atoms with E-state index in [1.165, 1.54) is 7.11 Å². The number of halogens is 2. The number of rotatable bonds is 4. The third kappa shape index (κ3) is 3.71. The Morgan fingerprint density at radius 1 is 1.07 bits per heavy atom. The summed E-state index contributed by atoms with van der Waals surface area (Å²) in [7, 11) is 1.36. The lowest BCUT2D eigenvalue weighted by atomic mass is 10.1. The van der Waals surface area contributed by atoms with Crippen molar-refractivity contribution < 1.29 is 9.53 Å². The van der Waals surface area contributed by atoms with Crippen molar-refractivity contribution in [3.8, 4) is 11.3 Å². The third-order valence-electron chi connectivity index (χ3n) is 4.67. The van der Waals surface area contributed by atoms with Crippen LogP contribution in [0.15, 0.2) is 54.6 Å². The lowest BCUT2D eigenvalue weighted by molar-refractivity contribution is 0.0603. The van der Waals surface area contributed by atoms with Gasteiger partial charge in [-0.1, -0.05) is 59.6 Å². The Labute approximate surface area is 177 Å². The van der Waals surface area contributed by atoms with E-state index in [2.05, 4.69) is 5.10 Å². The quantitative estimate of drug-likeness (QED) is 0.402. The Hall–Kier alpha value is -2.89. The van der Waals surface area contributed by atoms with E-state index in [0.717, 1.165) is 11.1 Å². The van der Waals surface area contributed by atoms with E-state index in [1.54, 1.807) is 22.9 Å². The van der Waals surface area contributed by atoms with Gasteiger partial charge >= 0.3 is 5.97 Å². The normalized spacial score (nSPS) is 11.0. The van der Waals surface area contributed by atoms with E-state index >= 15 is 0 Å². The number of ether oxygens (including phenoxy) is 1. The Balaban J connectivity index is 1.94. The highest BCUT2D eigenvalue weighted by Gasteiger charge is 2.21. The first-order chi connectivity index (χ1) is 14.0. The Kier molecular flexibility index (Phi) is 5.26. The first kappa shape index (κ1) is 19.4. The van der Waals surface area contributed by atoms with Gasteiger partial charge in [0, 0.05) is 5.56 Å². The molecule has 2 aromatic carbocycles. The van der Waals surface area contributed by atoms with Crippen LogP contribution in [0.1, 0.15) is 21.6 Å². The van der Waals surface area contributed by atoms with Crippen LogP contribution >= 0.6 is 23.2 Å². The number of aromatic nitrogens is 3. The number of esters is 1. The molecular weight excluding hydrogens is 409 g/mol. The van der Waals surface area contributed by atoms with E-state index in [-0.39, 0.29) is 0 Å². The second kappa shape index (κ2) is 7.85. The second-order valence-corrected chi connectivity index (χ2v) is 7.42. The zero-order valence-corrected chi connectivity index (χ0v) is 17.3. The third-order valence-corrected chi connectivity index (χ3v) is 5.41. The van der Waals surface area contributed by atoms with Gasteiger partial charge in [0.1, 0.15) is 0 Å². The molecule has 0 saturated carbocycles. The molecule has 0 bridgehead atoms. The fourth-order valence-corrected chi connectivity index (χ4v) is 3.59. The van der Waals surface area contributed by atoms with Gasteiger partial charge in [-0.15, -0.1) is 0 Å². The summed E-state index contributed by atoms with van der Waals surface area (Å²) >= 11 is 12.2. The number of fused-ring (bicyclic) bond motifs is 1. The standard InChI is InChI=1S/C22H17Cl2N3O2/c1-13-20-16(22(28)29-2)11-19(15-8-9-17(23)18(24)10-15)25-21(20)27(26-13)12-14-6-4-3-5-7-14/h3-11H,12H2,1-2H3. The average molecular weight is 426 g/mol. The maximum Gasteiger partial charge on any atom is 0.338 e. The van der Waals surface area contributed by atoms with Gasteiger partial charge in [-0.3, -0.25) is 0 Å². The van der Waals surface area contributed by atoms with Gasteiger partial charge in [0.15, 0.2) is 5.65 Å². The van der Waals surface area contributed by atoms with Crippen molar-refractivity contribution in [1.29, 1.82) is 0 Å². The number of pyridine rings is 1. The van der Waals surface area contributed by atoms with Crippen molar-refractivity contribution >= 4 is 40.2 Å². The molecule has 0 spiro atoms. The van der Waals surface area contributed by atoms with Crippen LogP contribution in [0.5, 0.6) is 0 Å². The number of hydrogen-bond donors (Lipinski definition) is 0. The number of benzene rings is 2. The van der Waals surface area contributed by atoms with Gasteiger partial charge in [0.2, 0.25) is 0 Å². The number of carbonyl (C=O) groups excluding carboxylic acids is 1. The summed E-state index contributed by atoms with van der Waals surface area (Å²) in [5.74, 6) is -0.443. The first-order valence-corrected chi connectivity index (χ1v) is 9.69. The summed E-state index contributed by atoms with van der Waals surface area (Å²) in [4.78, 5) is 17.3. The van der Waals surface area contributed by atoms with Gasteiger partial charge in [0.05, 0.1) is 46.0 Å². The van der Waals surface area contributed by atoms with Crippen LogP contribution < -0.4 is 0 Å². The summed E-state index contributed by atoms with van der Waals surface area (Å²) in [6.07, 6.45) is 0. The highest BCUT2D eigenvalue weighted by molar-refractivity contribution is 6.42. The summed E-state index contributed by atoms with van der Waals surface area (Å²) in [6, 6.07) is 16.9. The topological polar surface area (TPSA) is 57.0 Å². The first-order valence-electron chi connectivity index (χ1n) is 8.93. The largest absolute Gasteiger partial charge is 0.465 e. The summed E-state index contributed by atoms with van der Waals surface area (Å²) in [5.41, 5.74) is 4.15. The van der Waals surface area contributed by atoms with Gasteiger partial charge in [-0.2, -0.15) is 5.10 Å². The molecule has 0 unspecified atom stereocenters. The lowest BCUT2D eigenvalue weighted by Gasteiger charge is -2.09. The maximum absolute atomic E-state index is 12.5. The molecule has 7 heteroatoms. The molecule has 0 saturated heterocycles. The number of aryl methyl sites for hydroxylation is 1. The molecule has 2 aromatic heterocycles. The molecule has 4 rings (SSSR count). The zero-order chi connectivity index (χ0) is 20.5. The van der Waals surface area contributed by atoms with Crippen LogP contribution in [0, 0.1) is 6.92 Å². The van der Waals surface area contributed by atoms with Gasteiger partial charge < -0.3 is 4.74 Å². The van der Waals surface area contributed by atoms with E-state index in [1.807, 2.05) is 43.3 Å². The Bertz CT molecular complexity index is 1220. The fourth-order valence-electron chi connectivity index (χ4n) is 3.29. The second-order valence-electron chi connectivity index (χ2n) is 6.60. The van der Waals surface area contributed by atoms with Crippen LogP contribution in [-0.4, -0.2) is 27.8 Å². The van der Waals surface area contributed by atoms with Crippen molar-refractivity contribution in [1.82, 2.24) is 14.8 Å². The van der Waals surface area contributed by atoms with E-state index < -0.39 is 5.97 Å². The SMILES string of the molecule is COC(=O)c1cc(-c2ccc(Cl)c(Cl)c2)nc2c1c(C)nn2Cc1ccccc1. The van der Waals surface area contributed by atoms with Crippen LogP contribution in [0.25, 0.3) is 22.3 Å². The molecule has 29 heavy (non-hydrogen) atoms. The van der Waals surface area contributed by atoms with Crippen LogP contribution in [0.4, 0.5) is 0 Å². The lowest BCUT2D eigenvalue weighted by Crippen LogP contribution is -2.06. The highest BCUT2D eigenvalue weighted by atomic mass is 35.5. The number of carbonyl (C=O) groups is 1. The summed E-state index contributed by atoms with van der Waals surface area (Å²) in [5, 5.41) is 6.18. The highest BCUT2D eigenvalue weighted by Crippen LogP contribution is 2.31. The van der Waals surface area contributed by atoms with E-state index in [4.69, 9.17) is 32.9 Å². The minimum atomic E-state index is -0.443. The molecule has 2 heterocycles. The molecule has 0 fully saturated rings. The minimum absolute atomic E-state index is 0.412. The molecule has 0 amide bonds. The smallest absolute Gasteiger partial charge is 0.338 e. The van der Waals surface area contributed by atoms with E-state index in [9.17, 15) is 4.79 Å². The van der Waals surface area contributed by atoms with Crippen LogP contribution in [0.3, 0.4) is 0 Å². The summed E-state index contributed by atoms with van der Waals surface area (Å²) < 4.78 is 6.81. The zero-order valence-electron chi connectivity index (χ0n) is 15.8. The molecule has 0 aliphatic rings. The molecular formula is C22H17Cl2N3O2. The number of methoxy groups -OCH3 is 1. The van der Waals surface area contributed by atoms with Gasteiger partial charge in [0.25, 0.3) is 0 Å². The Morgan fingerprint density at radius 2 is 1.83 bits per heavy atom. The molecule has 0 N–H and O–H groups in total. The Morgan fingerprint density at radius 3 is 2.52 bits per heavy atom. The predicted molar refractivity (Wildman–Crippen MR) is 115 cm³/mol. The molecule has 0 aliphatic carbocycles. The van der Waals surface area contributed by atoms with Crippen LogP contribution in [0.2, 0.25) is 10.0 Å². The van der Waals surface area contributed by atoms with Crippen molar-refractivity contribution in [2.45, 2.75) is 13.5 Å². The molecule has 4 aromatic rings. The minimum Gasteiger partial charge on any atom is -0.465 e. The molecule has 5 nitrogen and oxygen atoms in total. The summed E-state index contributed by atoms with van der Waals surface area (Å²) in [6.45, 7) is 2.39. The molecule has 0 radical (unpaired) electrons. The number of nitrogens with zero attached hydrogens (tertiary/aromatic N) is 3. The molecule has 146 valence electrons. The average Bonchev–Trinajstić information content (AvgIpc) is 3.05. The molecule has 0 atom stereocenters. The molecule has 0 aliphatic heterocycles. The monoisotopic (exact) mass is 425 g/mol. The van der Waals surface area contributed by atoms with Crippen molar-refractivity contribution in [2.24, 2.45) is 0 Å². The van der Waals surface area contributed by atoms with Gasteiger partial charge in [-0.05, 0) is 30.7 Å². The van der Waals surface area contributed by atoms with Crippen molar-refractivity contribution in [3.05, 3.63) is 81.5 Å². The van der Waals surface area contributed by atoms with Crippen molar-refractivity contribution in [2.75, 3.05) is 7.11 Å². The van der Waals surface area contributed by atoms with E-state index in [0.29, 0.717) is 44.6 Å². The van der Waals surface area contributed by atoms with Crippen LogP contribution in [-0.2, 0) is 11.3 Å². The van der Waals surface area contributed by atoms with Crippen molar-refractivity contribution in [3.63, 3.8) is 0 Å². The fraction of sp³-hybridized carbons (Fsp3) is 0.136.